The zero-order chi connectivity index (χ0) is 18.8. The molecule has 0 radical (unpaired) electrons. The summed E-state index contributed by atoms with van der Waals surface area (Å²) in [5, 5.41) is 9.81. The highest BCUT2D eigenvalue weighted by molar-refractivity contribution is 5.68. The van der Waals surface area contributed by atoms with E-state index in [-0.39, 0.29) is 24.8 Å². The number of amides is 1. The Morgan fingerprint density at radius 2 is 1.88 bits per heavy atom. The van der Waals surface area contributed by atoms with Gasteiger partial charge in [-0.2, -0.15) is 0 Å². The lowest BCUT2D eigenvalue weighted by Crippen LogP contribution is -2.60. The molecule has 1 fully saturated rings. The minimum Gasteiger partial charge on any atom is -0.453 e. The van der Waals surface area contributed by atoms with Crippen molar-refractivity contribution in [3.8, 4) is 0 Å². The van der Waals surface area contributed by atoms with Crippen LogP contribution in [0, 0.1) is 0 Å². The number of ether oxygens (including phenoxy) is 3. The molecule has 0 unspecified atom stereocenters. The number of aliphatic hydroxyl groups is 1. The van der Waals surface area contributed by atoms with Gasteiger partial charge in [-0.05, 0) is 12.0 Å². The van der Waals surface area contributed by atoms with Crippen LogP contribution < -0.4 is 0 Å². The second kappa shape index (κ2) is 11.1. The van der Waals surface area contributed by atoms with Crippen molar-refractivity contribution < 1.29 is 24.1 Å². The van der Waals surface area contributed by atoms with Crippen molar-refractivity contribution in [2.24, 2.45) is 0 Å². The molecule has 1 aromatic carbocycles. The maximum atomic E-state index is 12.2. The molecular weight excluding hydrogens is 336 g/mol. The standard InChI is InChI=1S/C19H30N2O5/c1-24-10-11-26-9-8-17-13-20(12-16-6-4-3-5-7-16)18(15-22)14-21(17)19(23)25-2/h3-7,17-18,22H,8-15H2,1-2H3/t17-,18+/m1/s1. The average Bonchev–Trinajstić information content (AvgIpc) is 2.68. The first-order chi connectivity index (χ1) is 12.7. The maximum absolute atomic E-state index is 12.2. The molecule has 2 rings (SSSR count). The first-order valence-electron chi connectivity index (χ1n) is 8.99. The Kier molecular flexibility index (Phi) is 8.84. The summed E-state index contributed by atoms with van der Waals surface area (Å²) in [7, 11) is 3.03. The smallest absolute Gasteiger partial charge is 0.409 e. The summed E-state index contributed by atoms with van der Waals surface area (Å²) >= 11 is 0. The van der Waals surface area contributed by atoms with Gasteiger partial charge in [0.05, 0.1) is 39.0 Å². The van der Waals surface area contributed by atoms with Crippen LogP contribution in [-0.2, 0) is 20.8 Å². The summed E-state index contributed by atoms with van der Waals surface area (Å²) in [5.74, 6) is 0. The molecule has 7 heteroatoms. The molecule has 0 aromatic heterocycles. The number of benzene rings is 1. The van der Waals surface area contributed by atoms with Gasteiger partial charge in [-0.25, -0.2) is 4.79 Å². The number of carbonyl (C=O) groups excluding carboxylic acids is 1. The predicted molar refractivity (Wildman–Crippen MR) is 97.9 cm³/mol. The number of rotatable bonds is 9. The van der Waals surface area contributed by atoms with Gasteiger partial charge in [0.25, 0.3) is 0 Å². The molecule has 1 amide bonds. The van der Waals surface area contributed by atoms with Crippen molar-refractivity contribution in [2.75, 3.05) is 53.7 Å². The number of hydrogen-bond donors (Lipinski definition) is 1. The van der Waals surface area contributed by atoms with E-state index in [0.717, 1.165) is 6.54 Å². The normalized spacial score (nSPS) is 21.0. The van der Waals surface area contributed by atoms with Crippen molar-refractivity contribution in [3.05, 3.63) is 35.9 Å². The van der Waals surface area contributed by atoms with Crippen molar-refractivity contribution in [2.45, 2.75) is 25.0 Å². The monoisotopic (exact) mass is 366 g/mol. The molecule has 1 aliphatic heterocycles. The molecule has 1 saturated heterocycles. The molecule has 1 heterocycles. The van der Waals surface area contributed by atoms with Crippen molar-refractivity contribution in [3.63, 3.8) is 0 Å². The Hall–Kier alpha value is -1.67. The van der Waals surface area contributed by atoms with Crippen molar-refractivity contribution >= 4 is 6.09 Å². The third kappa shape index (κ3) is 5.95. The highest BCUT2D eigenvalue weighted by Crippen LogP contribution is 2.21. The molecule has 1 aliphatic rings. The molecule has 0 spiro atoms. The molecular formula is C19H30N2O5. The zero-order valence-corrected chi connectivity index (χ0v) is 15.7. The zero-order valence-electron chi connectivity index (χ0n) is 15.7. The minimum absolute atomic E-state index is 0.00259. The Morgan fingerprint density at radius 1 is 1.12 bits per heavy atom. The third-order valence-corrected chi connectivity index (χ3v) is 4.69. The molecule has 146 valence electrons. The number of aliphatic hydroxyl groups excluding tert-OH is 1. The quantitative estimate of drug-likeness (QED) is 0.666. The van der Waals surface area contributed by atoms with Gasteiger partial charge in [-0.1, -0.05) is 30.3 Å². The lowest BCUT2D eigenvalue weighted by atomic mass is 10.0. The van der Waals surface area contributed by atoms with Crippen LogP contribution in [0.25, 0.3) is 0 Å². The molecule has 0 aliphatic carbocycles. The van der Waals surface area contributed by atoms with E-state index >= 15 is 0 Å². The second-order valence-corrected chi connectivity index (χ2v) is 6.42. The van der Waals surface area contributed by atoms with E-state index in [9.17, 15) is 9.90 Å². The van der Waals surface area contributed by atoms with Crippen LogP contribution in [0.4, 0.5) is 4.79 Å². The van der Waals surface area contributed by atoms with Crippen LogP contribution in [-0.4, -0.2) is 86.8 Å². The van der Waals surface area contributed by atoms with E-state index in [4.69, 9.17) is 14.2 Å². The Bertz CT molecular complexity index is 528. The van der Waals surface area contributed by atoms with Gasteiger partial charge >= 0.3 is 6.09 Å². The summed E-state index contributed by atoms with van der Waals surface area (Å²) < 4.78 is 15.5. The Balaban J connectivity index is 2.01. The molecule has 2 atom stereocenters. The van der Waals surface area contributed by atoms with Gasteiger partial charge in [-0.15, -0.1) is 0 Å². The summed E-state index contributed by atoms with van der Waals surface area (Å²) in [6.45, 7) is 3.48. The molecule has 0 bridgehead atoms. The van der Waals surface area contributed by atoms with Gasteiger partial charge in [-0.3, -0.25) is 4.90 Å². The second-order valence-electron chi connectivity index (χ2n) is 6.42. The van der Waals surface area contributed by atoms with E-state index in [0.29, 0.717) is 39.3 Å². The summed E-state index contributed by atoms with van der Waals surface area (Å²) in [6.07, 6.45) is 0.354. The summed E-state index contributed by atoms with van der Waals surface area (Å²) in [5.41, 5.74) is 1.19. The van der Waals surface area contributed by atoms with Crippen LogP contribution in [0.3, 0.4) is 0 Å². The lowest BCUT2D eigenvalue weighted by Gasteiger charge is -2.45. The topological polar surface area (TPSA) is 71.5 Å². The fourth-order valence-electron chi connectivity index (χ4n) is 3.25. The average molecular weight is 366 g/mol. The highest BCUT2D eigenvalue weighted by atomic mass is 16.5. The summed E-state index contributed by atoms with van der Waals surface area (Å²) in [4.78, 5) is 16.1. The van der Waals surface area contributed by atoms with E-state index in [2.05, 4.69) is 17.0 Å². The third-order valence-electron chi connectivity index (χ3n) is 4.69. The molecule has 1 aromatic rings. The number of carbonyl (C=O) groups is 1. The van der Waals surface area contributed by atoms with E-state index < -0.39 is 0 Å². The number of methoxy groups -OCH3 is 2. The fraction of sp³-hybridized carbons (Fsp3) is 0.632. The van der Waals surface area contributed by atoms with Crippen LogP contribution in [0.1, 0.15) is 12.0 Å². The van der Waals surface area contributed by atoms with Crippen LogP contribution in [0.5, 0.6) is 0 Å². The van der Waals surface area contributed by atoms with Gasteiger partial charge in [0, 0.05) is 33.4 Å². The molecule has 7 nitrogen and oxygen atoms in total. The Labute approximate surface area is 155 Å². The van der Waals surface area contributed by atoms with E-state index in [1.54, 1.807) is 12.0 Å². The predicted octanol–water partition coefficient (Wildman–Crippen LogP) is 1.35. The number of hydrogen-bond acceptors (Lipinski definition) is 6. The van der Waals surface area contributed by atoms with Crippen LogP contribution >= 0.6 is 0 Å². The van der Waals surface area contributed by atoms with Gasteiger partial charge in [0.15, 0.2) is 0 Å². The highest BCUT2D eigenvalue weighted by Gasteiger charge is 2.36. The Morgan fingerprint density at radius 3 is 2.54 bits per heavy atom. The van der Waals surface area contributed by atoms with E-state index in [1.165, 1.54) is 12.7 Å². The van der Waals surface area contributed by atoms with Crippen LogP contribution in [0.2, 0.25) is 0 Å². The molecule has 1 N–H and O–H groups in total. The van der Waals surface area contributed by atoms with Crippen molar-refractivity contribution in [1.82, 2.24) is 9.80 Å². The van der Waals surface area contributed by atoms with Gasteiger partial charge < -0.3 is 24.2 Å². The number of nitrogens with zero attached hydrogens (tertiary/aromatic N) is 2. The minimum atomic E-state index is -0.357. The lowest BCUT2D eigenvalue weighted by molar-refractivity contribution is -0.0119. The first kappa shape index (κ1) is 20.6. The molecule has 26 heavy (non-hydrogen) atoms. The SMILES string of the molecule is COCCOCC[C@@H]1CN(Cc2ccccc2)[C@H](CO)CN1C(=O)OC. The van der Waals surface area contributed by atoms with Crippen molar-refractivity contribution in [1.29, 1.82) is 0 Å². The number of piperazine rings is 1. The molecule has 0 saturated carbocycles. The fourth-order valence-corrected chi connectivity index (χ4v) is 3.25. The van der Waals surface area contributed by atoms with E-state index in [1.807, 2.05) is 18.2 Å². The van der Waals surface area contributed by atoms with Gasteiger partial charge in [0.1, 0.15) is 0 Å². The summed E-state index contributed by atoms with van der Waals surface area (Å²) in [6, 6.07) is 10.0. The first-order valence-corrected chi connectivity index (χ1v) is 8.99. The van der Waals surface area contributed by atoms with Crippen LogP contribution in [0.15, 0.2) is 30.3 Å². The maximum Gasteiger partial charge on any atom is 0.409 e. The largest absolute Gasteiger partial charge is 0.453 e. The van der Waals surface area contributed by atoms with Gasteiger partial charge in [0.2, 0.25) is 0 Å².